The fraction of sp³-hybridized carbons (Fsp3) is 0.0714. The number of anilines is 1. The summed E-state index contributed by atoms with van der Waals surface area (Å²) >= 11 is 3.05. The first-order chi connectivity index (χ1) is 9.91. The quantitative estimate of drug-likeness (QED) is 0.794. The van der Waals surface area contributed by atoms with Crippen molar-refractivity contribution in [3.8, 4) is 11.5 Å². The van der Waals surface area contributed by atoms with E-state index in [0.717, 1.165) is 12.1 Å². The molecule has 0 fully saturated rings. The second-order valence-corrected chi connectivity index (χ2v) is 4.86. The normalized spacial score (nSPS) is 11.0. The maximum absolute atomic E-state index is 12.6. The van der Waals surface area contributed by atoms with Crippen molar-refractivity contribution in [2.45, 2.75) is 6.18 Å². The Labute approximate surface area is 126 Å². The molecule has 1 amide bonds. The maximum atomic E-state index is 12.6. The first kappa shape index (κ1) is 15.4. The number of rotatable bonds is 4. The molecule has 21 heavy (non-hydrogen) atoms. The molecule has 0 saturated carbocycles. The number of benzene rings is 2. The monoisotopic (exact) mass is 359 g/mol. The van der Waals surface area contributed by atoms with Crippen molar-refractivity contribution < 1.29 is 22.7 Å². The molecule has 1 N–H and O–H groups in total. The minimum absolute atomic E-state index is 0.165. The number of hydrogen-bond donors (Lipinski definition) is 1. The van der Waals surface area contributed by atoms with Gasteiger partial charge in [-0.25, -0.2) is 0 Å². The molecule has 0 heterocycles. The molecule has 3 nitrogen and oxygen atoms in total. The van der Waals surface area contributed by atoms with E-state index >= 15 is 0 Å². The third-order valence-electron chi connectivity index (χ3n) is 2.58. The van der Waals surface area contributed by atoms with Gasteiger partial charge in [0.25, 0.3) is 0 Å². The van der Waals surface area contributed by atoms with Gasteiger partial charge in [-0.15, -0.1) is 0 Å². The molecule has 0 aromatic heterocycles. The summed E-state index contributed by atoms with van der Waals surface area (Å²) < 4.78 is 43.4. The largest absolute Gasteiger partial charge is 0.454 e. The SMILES string of the molecule is O=CNc1ccccc1Oc1ccc(C(F)(F)F)cc1Br. The number of alkyl halides is 3. The van der Waals surface area contributed by atoms with Crippen LogP contribution in [0.2, 0.25) is 0 Å². The van der Waals surface area contributed by atoms with Gasteiger partial charge in [-0.1, -0.05) is 12.1 Å². The summed E-state index contributed by atoms with van der Waals surface area (Å²) in [5.74, 6) is 0.535. The lowest BCUT2D eigenvalue weighted by Crippen LogP contribution is -2.04. The Morgan fingerprint density at radius 2 is 1.81 bits per heavy atom. The van der Waals surface area contributed by atoms with E-state index in [1.54, 1.807) is 24.3 Å². The Hall–Kier alpha value is -2.02. The van der Waals surface area contributed by atoms with Gasteiger partial charge in [0, 0.05) is 0 Å². The molecule has 2 rings (SSSR count). The Morgan fingerprint density at radius 1 is 1.10 bits per heavy atom. The minimum atomic E-state index is -4.42. The highest BCUT2D eigenvalue weighted by Crippen LogP contribution is 2.38. The molecule has 2 aromatic carbocycles. The number of hydrogen-bond acceptors (Lipinski definition) is 2. The predicted molar refractivity (Wildman–Crippen MR) is 75.3 cm³/mol. The molecule has 0 bridgehead atoms. The lowest BCUT2D eigenvalue weighted by molar-refractivity contribution is -0.137. The smallest absolute Gasteiger partial charge is 0.416 e. The number of ether oxygens (including phenoxy) is 1. The summed E-state index contributed by atoms with van der Waals surface area (Å²) in [7, 11) is 0. The van der Waals surface area contributed by atoms with Crippen LogP contribution in [0.25, 0.3) is 0 Å². The van der Waals surface area contributed by atoms with Crippen LogP contribution >= 0.6 is 15.9 Å². The van der Waals surface area contributed by atoms with Gasteiger partial charge in [0.2, 0.25) is 6.41 Å². The van der Waals surface area contributed by atoms with Crippen LogP contribution < -0.4 is 10.1 Å². The van der Waals surface area contributed by atoms with Gasteiger partial charge in [0.15, 0.2) is 5.75 Å². The Balaban J connectivity index is 2.30. The zero-order chi connectivity index (χ0) is 15.5. The van der Waals surface area contributed by atoms with E-state index in [9.17, 15) is 18.0 Å². The lowest BCUT2D eigenvalue weighted by atomic mass is 10.2. The Bertz CT molecular complexity index is 659. The highest BCUT2D eigenvalue weighted by molar-refractivity contribution is 9.10. The van der Waals surface area contributed by atoms with Crippen molar-refractivity contribution in [3.05, 3.63) is 52.5 Å². The molecule has 0 aliphatic heterocycles. The molecule has 0 radical (unpaired) electrons. The molecule has 0 atom stereocenters. The molecular formula is C14H9BrF3NO2. The average Bonchev–Trinajstić information content (AvgIpc) is 2.42. The first-order valence-corrected chi connectivity index (χ1v) is 6.55. The highest BCUT2D eigenvalue weighted by atomic mass is 79.9. The number of nitrogens with one attached hydrogen (secondary N) is 1. The molecule has 0 unspecified atom stereocenters. The van der Waals surface area contributed by atoms with E-state index in [4.69, 9.17) is 4.74 Å². The zero-order valence-electron chi connectivity index (χ0n) is 10.4. The molecule has 0 saturated heterocycles. The van der Waals surface area contributed by atoms with E-state index in [2.05, 4.69) is 21.2 Å². The summed E-state index contributed by atoms with van der Waals surface area (Å²) in [5, 5.41) is 2.45. The van der Waals surface area contributed by atoms with Crippen LogP contribution in [0.3, 0.4) is 0 Å². The van der Waals surface area contributed by atoms with Crippen LogP contribution in [0.4, 0.5) is 18.9 Å². The second kappa shape index (κ2) is 6.17. The van der Waals surface area contributed by atoms with Gasteiger partial charge in [-0.2, -0.15) is 13.2 Å². The van der Waals surface area contributed by atoms with Crippen molar-refractivity contribution in [2.24, 2.45) is 0 Å². The van der Waals surface area contributed by atoms with E-state index in [-0.39, 0.29) is 10.2 Å². The third-order valence-corrected chi connectivity index (χ3v) is 3.20. The average molecular weight is 360 g/mol. The van der Waals surface area contributed by atoms with E-state index in [1.807, 2.05) is 0 Å². The van der Waals surface area contributed by atoms with Gasteiger partial charge in [-0.3, -0.25) is 4.79 Å². The molecule has 7 heteroatoms. The molecule has 2 aromatic rings. The molecular weight excluding hydrogens is 351 g/mol. The van der Waals surface area contributed by atoms with E-state index in [0.29, 0.717) is 17.8 Å². The minimum Gasteiger partial charge on any atom is -0.454 e. The number of para-hydroxylation sites is 2. The molecule has 0 spiro atoms. The summed E-state index contributed by atoms with van der Waals surface area (Å²) in [4.78, 5) is 10.5. The lowest BCUT2D eigenvalue weighted by Gasteiger charge is -2.13. The standard InChI is InChI=1S/C14H9BrF3NO2/c15-10-7-9(14(16,17)18)5-6-12(10)21-13-4-2-1-3-11(13)19-8-20/h1-8H,(H,19,20). The molecule has 0 aliphatic rings. The van der Waals surface area contributed by atoms with Crippen LogP contribution in [-0.2, 0) is 11.0 Å². The Kier molecular flexibility index (Phi) is 4.52. The summed E-state index contributed by atoms with van der Waals surface area (Å²) in [5.41, 5.74) is -0.361. The fourth-order valence-corrected chi connectivity index (χ4v) is 2.08. The fourth-order valence-electron chi connectivity index (χ4n) is 1.62. The van der Waals surface area contributed by atoms with Crippen LogP contribution in [0, 0.1) is 0 Å². The molecule has 110 valence electrons. The van der Waals surface area contributed by atoms with Crippen molar-refractivity contribution in [2.75, 3.05) is 5.32 Å². The number of amides is 1. The van der Waals surface area contributed by atoms with Crippen molar-refractivity contribution in [3.63, 3.8) is 0 Å². The van der Waals surface area contributed by atoms with E-state index < -0.39 is 11.7 Å². The van der Waals surface area contributed by atoms with Gasteiger partial charge in [0.05, 0.1) is 15.7 Å². The van der Waals surface area contributed by atoms with Gasteiger partial charge in [-0.05, 0) is 46.3 Å². The number of carbonyl (C=O) groups excluding carboxylic acids is 1. The summed E-state index contributed by atoms with van der Waals surface area (Å²) in [6.07, 6.45) is -3.93. The molecule has 0 aliphatic carbocycles. The summed E-state index contributed by atoms with van der Waals surface area (Å²) in [6.45, 7) is 0. The second-order valence-electron chi connectivity index (χ2n) is 4.00. The maximum Gasteiger partial charge on any atom is 0.416 e. The Morgan fingerprint density at radius 3 is 2.43 bits per heavy atom. The van der Waals surface area contributed by atoms with Gasteiger partial charge >= 0.3 is 6.18 Å². The van der Waals surface area contributed by atoms with Crippen molar-refractivity contribution >= 4 is 28.0 Å². The van der Waals surface area contributed by atoms with Crippen LogP contribution in [0.15, 0.2) is 46.9 Å². The van der Waals surface area contributed by atoms with Crippen LogP contribution in [-0.4, -0.2) is 6.41 Å². The van der Waals surface area contributed by atoms with Crippen molar-refractivity contribution in [1.29, 1.82) is 0 Å². The number of halogens is 4. The predicted octanol–water partition coefficient (Wildman–Crippen LogP) is 4.83. The van der Waals surface area contributed by atoms with Crippen molar-refractivity contribution in [1.82, 2.24) is 0 Å². The number of carbonyl (C=O) groups is 1. The van der Waals surface area contributed by atoms with Crippen LogP contribution in [0.1, 0.15) is 5.56 Å². The van der Waals surface area contributed by atoms with Crippen LogP contribution in [0.5, 0.6) is 11.5 Å². The van der Waals surface area contributed by atoms with Gasteiger partial charge < -0.3 is 10.1 Å². The summed E-state index contributed by atoms with van der Waals surface area (Å²) in [6, 6.07) is 9.66. The highest BCUT2D eigenvalue weighted by Gasteiger charge is 2.31. The zero-order valence-corrected chi connectivity index (χ0v) is 12.0. The third kappa shape index (κ3) is 3.75. The van der Waals surface area contributed by atoms with E-state index in [1.165, 1.54) is 6.07 Å². The topological polar surface area (TPSA) is 38.3 Å². The van der Waals surface area contributed by atoms with Gasteiger partial charge in [0.1, 0.15) is 5.75 Å². The first-order valence-electron chi connectivity index (χ1n) is 5.75.